The Morgan fingerprint density at radius 1 is 1.42 bits per heavy atom. The Morgan fingerprint density at radius 2 is 2.08 bits per heavy atom. The van der Waals surface area contributed by atoms with E-state index < -0.39 is 18.2 Å². The molecule has 0 spiro atoms. The molecule has 1 rings (SSSR count). The SMILES string of the molecule is [CH2]CCC1CC=CCC1.[Cl][Mg][Cl]. The number of hydrogen-bond acceptors (Lipinski definition) is 0. The third-order valence-electron chi connectivity index (χ3n) is 1.99. The molecule has 0 aromatic rings. The summed E-state index contributed by atoms with van der Waals surface area (Å²) in [5.74, 6) is 0.951. The van der Waals surface area contributed by atoms with Crippen LogP contribution in [0.4, 0.5) is 0 Å². The molecule has 1 unspecified atom stereocenters. The van der Waals surface area contributed by atoms with E-state index in [1.165, 1.54) is 25.7 Å². The van der Waals surface area contributed by atoms with Crippen molar-refractivity contribution in [3.63, 3.8) is 0 Å². The van der Waals surface area contributed by atoms with Crippen molar-refractivity contribution in [3.05, 3.63) is 19.1 Å². The van der Waals surface area contributed by atoms with Crippen molar-refractivity contribution in [2.24, 2.45) is 5.92 Å². The lowest BCUT2D eigenvalue weighted by molar-refractivity contribution is 0.449. The molecule has 0 fully saturated rings. The van der Waals surface area contributed by atoms with E-state index in [1.807, 2.05) is 0 Å². The summed E-state index contributed by atoms with van der Waals surface area (Å²) in [4.78, 5) is 0. The maximum Gasteiger partial charge on any atom is 0.618 e. The summed E-state index contributed by atoms with van der Waals surface area (Å²) in [6, 6.07) is 0. The van der Waals surface area contributed by atoms with Crippen LogP contribution in [0.15, 0.2) is 12.2 Å². The highest BCUT2D eigenvalue weighted by Gasteiger charge is 2.06. The van der Waals surface area contributed by atoms with Crippen LogP contribution in [0.5, 0.6) is 0 Å². The van der Waals surface area contributed by atoms with Gasteiger partial charge in [0.05, 0.1) is 0 Å². The first kappa shape index (κ1) is 13.1. The predicted molar refractivity (Wildman–Crippen MR) is 58.5 cm³/mol. The Morgan fingerprint density at radius 3 is 2.50 bits per heavy atom. The van der Waals surface area contributed by atoms with Crippen LogP contribution < -0.4 is 0 Å². The summed E-state index contributed by atoms with van der Waals surface area (Å²) < 4.78 is 0. The van der Waals surface area contributed by atoms with Gasteiger partial charge in [-0.25, -0.2) is 0 Å². The molecule has 12 heavy (non-hydrogen) atoms. The predicted octanol–water partition coefficient (Wildman–Crippen LogP) is 3.96. The molecule has 1 aliphatic carbocycles. The minimum absolute atomic E-state index is 0.639. The summed E-state index contributed by atoms with van der Waals surface area (Å²) in [6.07, 6.45) is 11.0. The van der Waals surface area contributed by atoms with E-state index in [4.69, 9.17) is 18.1 Å². The second-order valence-electron chi connectivity index (χ2n) is 2.89. The third kappa shape index (κ3) is 7.72. The lowest BCUT2D eigenvalue weighted by Crippen LogP contribution is -2.00. The second kappa shape index (κ2) is 10.2. The van der Waals surface area contributed by atoms with Gasteiger partial charge in [-0.1, -0.05) is 31.9 Å². The molecule has 0 bridgehead atoms. The number of rotatable bonds is 2. The van der Waals surface area contributed by atoms with E-state index in [1.54, 1.807) is 0 Å². The summed E-state index contributed by atoms with van der Waals surface area (Å²) >= 11 is -0.639. The molecular formula is C9H15Cl2Mg. The fraction of sp³-hybridized carbons (Fsp3) is 0.667. The zero-order valence-corrected chi connectivity index (χ0v) is 10.4. The lowest BCUT2D eigenvalue weighted by atomic mass is 9.91. The average Bonchev–Trinajstić information content (AvgIpc) is 2.08. The molecule has 0 nitrogen and oxygen atoms in total. The van der Waals surface area contributed by atoms with Gasteiger partial charge in [-0.2, -0.15) is 0 Å². The van der Waals surface area contributed by atoms with Crippen LogP contribution in [0.2, 0.25) is 0 Å². The smallest absolute Gasteiger partial charge is 0.309 e. The molecule has 3 heteroatoms. The maximum atomic E-state index is 4.90. The standard InChI is InChI=1S/C9H15.2ClH.Mg/c1-2-6-9-7-4-3-5-8-9;;;/h3-4,9H,1-2,5-8H2;2*1H;/q;;;+2/p-2. The molecule has 0 N–H and O–H groups in total. The van der Waals surface area contributed by atoms with Crippen molar-refractivity contribution in [1.29, 1.82) is 0 Å². The van der Waals surface area contributed by atoms with Gasteiger partial charge in [-0.15, -0.1) is 0 Å². The van der Waals surface area contributed by atoms with E-state index in [0.717, 1.165) is 12.3 Å². The summed E-state index contributed by atoms with van der Waals surface area (Å²) in [6.45, 7) is 3.86. The van der Waals surface area contributed by atoms with E-state index in [9.17, 15) is 0 Å². The van der Waals surface area contributed by atoms with Gasteiger partial charge in [0.2, 0.25) is 0 Å². The molecule has 0 saturated carbocycles. The molecule has 1 radical (unpaired) electrons. The summed E-state index contributed by atoms with van der Waals surface area (Å²) in [5.41, 5.74) is 0. The highest BCUT2D eigenvalue weighted by atomic mass is 35.6. The highest BCUT2D eigenvalue weighted by molar-refractivity contribution is 7.22. The molecule has 0 aromatic heterocycles. The molecular weight excluding hydrogens is 203 g/mol. The van der Waals surface area contributed by atoms with E-state index in [-0.39, 0.29) is 0 Å². The average molecular weight is 218 g/mol. The van der Waals surface area contributed by atoms with Crippen molar-refractivity contribution in [2.45, 2.75) is 32.1 Å². The van der Waals surface area contributed by atoms with Crippen molar-refractivity contribution >= 4 is 36.3 Å². The number of allylic oxidation sites excluding steroid dienone is 2. The van der Waals surface area contributed by atoms with Crippen LogP contribution in [0.3, 0.4) is 0 Å². The molecule has 1 aliphatic rings. The zero-order chi connectivity index (χ0) is 9.23. The van der Waals surface area contributed by atoms with E-state index >= 15 is 0 Å². The third-order valence-corrected chi connectivity index (χ3v) is 1.99. The van der Waals surface area contributed by atoms with E-state index in [2.05, 4.69) is 19.1 Å². The molecule has 0 amide bonds. The van der Waals surface area contributed by atoms with Crippen LogP contribution in [0.25, 0.3) is 0 Å². The van der Waals surface area contributed by atoms with Crippen LogP contribution in [-0.4, -0.2) is 18.2 Å². The van der Waals surface area contributed by atoms with Crippen molar-refractivity contribution < 1.29 is 0 Å². The second-order valence-corrected chi connectivity index (χ2v) is 5.52. The van der Waals surface area contributed by atoms with Crippen LogP contribution in [-0.2, 0) is 0 Å². The lowest BCUT2D eigenvalue weighted by Gasteiger charge is -2.15. The first-order valence-corrected chi connectivity index (χ1v) is 8.69. The Labute approximate surface area is 93.0 Å². The van der Waals surface area contributed by atoms with Crippen molar-refractivity contribution in [1.82, 2.24) is 0 Å². The Bertz CT molecular complexity index is 115. The molecule has 1 atom stereocenters. The quantitative estimate of drug-likeness (QED) is 0.486. The van der Waals surface area contributed by atoms with Crippen LogP contribution in [0.1, 0.15) is 32.1 Å². The summed E-state index contributed by atoms with van der Waals surface area (Å²) in [7, 11) is 9.81. The first-order valence-electron chi connectivity index (χ1n) is 4.41. The minimum Gasteiger partial charge on any atom is -0.309 e. The maximum absolute atomic E-state index is 4.90. The Balaban J connectivity index is 0.000000354. The Kier molecular flexibility index (Phi) is 11.1. The zero-order valence-electron chi connectivity index (χ0n) is 7.44. The molecule has 0 aromatic carbocycles. The van der Waals surface area contributed by atoms with Gasteiger partial charge in [-0.05, 0) is 25.2 Å². The normalized spacial score (nSPS) is 20.8. The van der Waals surface area contributed by atoms with Crippen LogP contribution >= 0.6 is 18.1 Å². The molecule has 0 saturated heterocycles. The highest BCUT2D eigenvalue weighted by Crippen LogP contribution is 2.21. The number of halogens is 2. The molecule has 67 valence electrons. The van der Waals surface area contributed by atoms with Gasteiger partial charge in [0, 0.05) is 0 Å². The van der Waals surface area contributed by atoms with Gasteiger partial charge >= 0.3 is 18.2 Å². The van der Waals surface area contributed by atoms with Crippen molar-refractivity contribution in [2.75, 3.05) is 0 Å². The van der Waals surface area contributed by atoms with Gasteiger partial charge in [0.15, 0.2) is 0 Å². The largest absolute Gasteiger partial charge is 0.618 e. The minimum atomic E-state index is -0.639. The fourth-order valence-corrected chi connectivity index (χ4v) is 1.41. The van der Waals surface area contributed by atoms with Gasteiger partial charge in [-0.3, -0.25) is 0 Å². The van der Waals surface area contributed by atoms with E-state index in [0.29, 0.717) is 0 Å². The monoisotopic (exact) mass is 217 g/mol. The first-order chi connectivity index (χ1) is 5.85. The topological polar surface area (TPSA) is 0 Å². The molecule has 0 heterocycles. The number of hydrogen-bond donors (Lipinski definition) is 0. The van der Waals surface area contributed by atoms with Gasteiger partial charge in [0.25, 0.3) is 0 Å². The summed E-state index contributed by atoms with van der Waals surface area (Å²) in [5, 5.41) is 0. The van der Waals surface area contributed by atoms with Crippen LogP contribution in [0, 0.1) is 12.8 Å². The van der Waals surface area contributed by atoms with Crippen molar-refractivity contribution in [3.8, 4) is 0 Å². The van der Waals surface area contributed by atoms with Gasteiger partial charge in [0.1, 0.15) is 0 Å². The molecule has 0 aliphatic heterocycles. The van der Waals surface area contributed by atoms with Gasteiger partial charge < -0.3 is 18.1 Å². The fourth-order valence-electron chi connectivity index (χ4n) is 1.41. The Hall–Kier alpha value is 1.09.